The molecule has 0 radical (unpaired) electrons. The van der Waals surface area contributed by atoms with Gasteiger partial charge >= 0.3 is 5.97 Å². The lowest BCUT2D eigenvalue weighted by Crippen LogP contribution is -2.53. The Hall–Kier alpha value is -0.0300. The second kappa shape index (κ2) is 6.53. The summed E-state index contributed by atoms with van der Waals surface area (Å²) in [5, 5.41) is 12.0. The summed E-state index contributed by atoms with van der Waals surface area (Å²) in [6, 6.07) is 0.545. The molecule has 6 heteroatoms. The van der Waals surface area contributed by atoms with Gasteiger partial charge in [0.05, 0.1) is 5.92 Å². The van der Waals surface area contributed by atoms with Gasteiger partial charge in [0.1, 0.15) is 0 Å². The first-order valence-corrected chi connectivity index (χ1v) is 4.95. The van der Waals surface area contributed by atoms with Gasteiger partial charge in [0, 0.05) is 32.2 Å². The number of carboxylic acid groups (broad SMARTS) is 1. The van der Waals surface area contributed by atoms with Gasteiger partial charge in [-0.25, -0.2) is 0 Å². The molecular weight excluding hydrogens is 239 g/mol. The van der Waals surface area contributed by atoms with Crippen LogP contribution in [0.2, 0.25) is 0 Å². The van der Waals surface area contributed by atoms with Gasteiger partial charge in [-0.15, -0.1) is 24.8 Å². The molecule has 0 aromatic carbocycles. The molecule has 4 nitrogen and oxygen atoms in total. The zero-order valence-electron chi connectivity index (χ0n) is 8.52. The fourth-order valence-corrected chi connectivity index (χ4v) is 2.13. The van der Waals surface area contributed by atoms with Crippen molar-refractivity contribution in [1.29, 1.82) is 0 Å². The molecule has 0 atom stereocenters. The largest absolute Gasteiger partial charge is 0.481 e. The smallest absolute Gasteiger partial charge is 0.306 e. The zero-order chi connectivity index (χ0) is 9.26. The van der Waals surface area contributed by atoms with Crippen molar-refractivity contribution < 1.29 is 9.90 Å². The van der Waals surface area contributed by atoms with Crippen molar-refractivity contribution in [3.05, 3.63) is 0 Å². The third-order valence-corrected chi connectivity index (χ3v) is 3.13. The lowest BCUT2D eigenvalue weighted by atomic mass is 9.79. The van der Waals surface area contributed by atoms with Crippen molar-refractivity contribution in [2.45, 2.75) is 18.9 Å². The van der Waals surface area contributed by atoms with E-state index in [-0.39, 0.29) is 30.7 Å². The van der Waals surface area contributed by atoms with Crippen molar-refractivity contribution in [3.63, 3.8) is 0 Å². The highest BCUT2D eigenvalue weighted by molar-refractivity contribution is 5.85. The number of halogens is 2. The Morgan fingerprint density at radius 1 is 1.20 bits per heavy atom. The van der Waals surface area contributed by atoms with Crippen LogP contribution in [-0.4, -0.2) is 48.2 Å². The van der Waals surface area contributed by atoms with Gasteiger partial charge in [0.15, 0.2) is 0 Å². The molecule has 0 spiro atoms. The van der Waals surface area contributed by atoms with E-state index in [4.69, 9.17) is 5.11 Å². The maximum Gasteiger partial charge on any atom is 0.306 e. The molecule has 15 heavy (non-hydrogen) atoms. The molecule has 0 aromatic rings. The molecule has 2 rings (SSSR count). The first kappa shape index (κ1) is 15.0. The van der Waals surface area contributed by atoms with E-state index in [0.29, 0.717) is 6.04 Å². The molecule has 0 bridgehead atoms. The molecule has 2 fully saturated rings. The maximum absolute atomic E-state index is 10.6. The van der Waals surface area contributed by atoms with Crippen molar-refractivity contribution in [3.8, 4) is 0 Å². The highest BCUT2D eigenvalue weighted by Gasteiger charge is 2.37. The summed E-state index contributed by atoms with van der Waals surface area (Å²) in [6.45, 7) is 4.26. The van der Waals surface area contributed by atoms with Gasteiger partial charge in [-0.3, -0.25) is 9.69 Å². The Morgan fingerprint density at radius 2 is 1.73 bits per heavy atom. The molecule has 2 aliphatic rings. The summed E-state index contributed by atoms with van der Waals surface area (Å²) in [5.74, 6) is -0.689. The van der Waals surface area contributed by atoms with Crippen LogP contribution in [-0.2, 0) is 4.79 Å². The fourth-order valence-electron chi connectivity index (χ4n) is 2.13. The first-order chi connectivity index (χ1) is 6.27. The Bertz CT molecular complexity index is 204. The molecule has 1 heterocycles. The summed E-state index contributed by atoms with van der Waals surface area (Å²) in [4.78, 5) is 13.0. The summed E-state index contributed by atoms with van der Waals surface area (Å²) in [5.41, 5.74) is 0. The number of aliphatic carboxylic acids is 1. The summed E-state index contributed by atoms with van der Waals surface area (Å²) < 4.78 is 0. The maximum atomic E-state index is 10.6. The molecule has 0 amide bonds. The molecule has 2 N–H and O–H groups in total. The Morgan fingerprint density at radius 3 is 2.20 bits per heavy atom. The minimum atomic E-state index is -0.619. The van der Waals surface area contributed by atoms with E-state index in [1.165, 1.54) is 0 Å². The van der Waals surface area contributed by atoms with Crippen LogP contribution in [0, 0.1) is 5.92 Å². The van der Waals surface area contributed by atoms with Gasteiger partial charge in [0.25, 0.3) is 0 Å². The highest BCUT2D eigenvalue weighted by atomic mass is 35.5. The van der Waals surface area contributed by atoms with Crippen LogP contribution in [0.25, 0.3) is 0 Å². The number of nitrogens with one attached hydrogen (secondary N) is 1. The van der Waals surface area contributed by atoms with Crippen LogP contribution in [0.3, 0.4) is 0 Å². The van der Waals surface area contributed by atoms with Crippen molar-refractivity contribution >= 4 is 30.8 Å². The Labute approximate surface area is 102 Å². The predicted octanol–water partition coefficient (Wildman–Crippen LogP) is 0.598. The number of hydrogen-bond donors (Lipinski definition) is 2. The lowest BCUT2D eigenvalue weighted by molar-refractivity contribution is -0.147. The summed E-state index contributed by atoms with van der Waals surface area (Å²) >= 11 is 0. The SMILES string of the molecule is Cl.Cl.O=C(O)C1CC(N2CCNCC2)C1. The Kier molecular flexibility index (Phi) is 6.52. The average Bonchev–Trinajstić information content (AvgIpc) is 2.02. The number of rotatable bonds is 2. The second-order valence-electron chi connectivity index (χ2n) is 3.95. The fraction of sp³-hybridized carbons (Fsp3) is 0.889. The number of carboxylic acids is 1. The normalized spacial score (nSPS) is 30.7. The molecule has 90 valence electrons. The second-order valence-corrected chi connectivity index (χ2v) is 3.95. The van der Waals surface area contributed by atoms with Crippen LogP contribution >= 0.6 is 24.8 Å². The van der Waals surface area contributed by atoms with E-state index < -0.39 is 5.97 Å². The van der Waals surface area contributed by atoms with Gasteiger partial charge in [-0.05, 0) is 12.8 Å². The van der Waals surface area contributed by atoms with E-state index in [2.05, 4.69) is 10.2 Å². The van der Waals surface area contributed by atoms with Gasteiger partial charge in [0.2, 0.25) is 0 Å². The third kappa shape index (κ3) is 3.48. The molecule has 1 saturated carbocycles. The minimum absolute atomic E-state index is 0. The van der Waals surface area contributed by atoms with E-state index in [9.17, 15) is 4.79 Å². The molecule has 1 saturated heterocycles. The van der Waals surface area contributed by atoms with Crippen molar-refractivity contribution in [2.75, 3.05) is 26.2 Å². The van der Waals surface area contributed by atoms with Crippen molar-refractivity contribution in [2.24, 2.45) is 5.92 Å². The van der Waals surface area contributed by atoms with Crippen LogP contribution < -0.4 is 5.32 Å². The quantitative estimate of drug-likeness (QED) is 0.760. The minimum Gasteiger partial charge on any atom is -0.481 e. The Balaban J connectivity index is 0.000000980. The van der Waals surface area contributed by atoms with Crippen LogP contribution in [0.4, 0.5) is 0 Å². The van der Waals surface area contributed by atoms with Gasteiger partial charge < -0.3 is 10.4 Å². The van der Waals surface area contributed by atoms with E-state index in [1.807, 2.05) is 0 Å². The molecular formula is C9H18Cl2N2O2. The number of piperazine rings is 1. The molecule has 0 aromatic heterocycles. The third-order valence-electron chi connectivity index (χ3n) is 3.13. The predicted molar refractivity (Wildman–Crippen MR) is 63.1 cm³/mol. The lowest BCUT2D eigenvalue weighted by Gasteiger charge is -2.43. The van der Waals surface area contributed by atoms with Gasteiger partial charge in [-0.1, -0.05) is 0 Å². The number of nitrogens with zero attached hydrogens (tertiary/aromatic N) is 1. The van der Waals surface area contributed by atoms with Crippen molar-refractivity contribution in [1.82, 2.24) is 10.2 Å². The average molecular weight is 257 g/mol. The summed E-state index contributed by atoms with van der Waals surface area (Å²) in [6.07, 6.45) is 1.71. The molecule has 1 aliphatic carbocycles. The van der Waals surface area contributed by atoms with Gasteiger partial charge in [-0.2, -0.15) is 0 Å². The highest BCUT2D eigenvalue weighted by Crippen LogP contribution is 2.31. The standard InChI is InChI=1S/C9H16N2O2.2ClH/c12-9(13)7-5-8(6-7)11-3-1-10-2-4-11;;/h7-8,10H,1-6H2,(H,12,13);2*1H. The first-order valence-electron chi connectivity index (χ1n) is 4.95. The molecule has 0 unspecified atom stereocenters. The number of carbonyl (C=O) groups is 1. The topological polar surface area (TPSA) is 52.6 Å². The molecule has 1 aliphatic heterocycles. The van der Waals surface area contributed by atoms with E-state index in [1.54, 1.807) is 0 Å². The monoisotopic (exact) mass is 256 g/mol. The number of hydrogen-bond acceptors (Lipinski definition) is 3. The van der Waals surface area contributed by atoms with E-state index >= 15 is 0 Å². The van der Waals surface area contributed by atoms with E-state index in [0.717, 1.165) is 39.0 Å². The van der Waals surface area contributed by atoms with Crippen LogP contribution in [0.15, 0.2) is 0 Å². The van der Waals surface area contributed by atoms with Crippen LogP contribution in [0.5, 0.6) is 0 Å². The summed E-state index contributed by atoms with van der Waals surface area (Å²) in [7, 11) is 0. The zero-order valence-corrected chi connectivity index (χ0v) is 10.1. The van der Waals surface area contributed by atoms with Crippen LogP contribution in [0.1, 0.15) is 12.8 Å².